The van der Waals surface area contributed by atoms with Crippen LogP contribution in [-0.2, 0) is 21.4 Å². The predicted molar refractivity (Wildman–Crippen MR) is 114 cm³/mol. The Morgan fingerprint density at radius 3 is 2.45 bits per heavy atom. The number of aromatic hydroxyl groups is 1. The number of aromatic nitrogens is 1. The predicted octanol–water partition coefficient (Wildman–Crippen LogP) is 4.31. The van der Waals surface area contributed by atoms with Gasteiger partial charge < -0.3 is 20.3 Å². The van der Waals surface area contributed by atoms with Crippen molar-refractivity contribution in [1.82, 2.24) is 10.5 Å². The Bertz CT molecular complexity index is 1010. The van der Waals surface area contributed by atoms with Crippen molar-refractivity contribution < 1.29 is 32.4 Å². The number of benzene rings is 1. The molecule has 7 nitrogen and oxygen atoms in total. The molecule has 1 aromatic carbocycles. The van der Waals surface area contributed by atoms with Gasteiger partial charge in [-0.3, -0.25) is 9.59 Å². The molecule has 2 aromatic rings. The fraction of sp³-hybridized carbons (Fsp3) is 0.522. The lowest BCUT2D eigenvalue weighted by molar-refractivity contribution is -0.128. The third kappa shape index (κ3) is 6.49. The van der Waals surface area contributed by atoms with Crippen molar-refractivity contribution >= 4 is 17.5 Å². The van der Waals surface area contributed by atoms with E-state index in [9.17, 15) is 27.9 Å². The summed E-state index contributed by atoms with van der Waals surface area (Å²) in [6.45, 7) is 5.59. The normalized spacial score (nSPS) is 17.4. The number of alkyl halides is 2. The summed E-state index contributed by atoms with van der Waals surface area (Å²) in [5, 5.41) is 17.7. The molecular weight excluding hydrogens is 439 g/mol. The molecular formula is C23H28F3N3O4. The number of amides is 2. The van der Waals surface area contributed by atoms with Crippen molar-refractivity contribution in [1.29, 1.82) is 0 Å². The van der Waals surface area contributed by atoms with E-state index >= 15 is 0 Å². The molecule has 2 amide bonds. The number of hydrogen-bond acceptors (Lipinski definition) is 5. The van der Waals surface area contributed by atoms with Crippen LogP contribution < -0.4 is 10.6 Å². The molecule has 1 fully saturated rings. The molecule has 0 spiro atoms. The summed E-state index contributed by atoms with van der Waals surface area (Å²) in [5.74, 6) is -5.33. The molecule has 1 aliphatic carbocycles. The van der Waals surface area contributed by atoms with Gasteiger partial charge in [-0.05, 0) is 47.0 Å². The number of carbonyl (C=O) groups is 2. The lowest BCUT2D eigenvalue weighted by Crippen LogP contribution is -2.50. The van der Waals surface area contributed by atoms with Gasteiger partial charge in [0.2, 0.25) is 17.7 Å². The lowest BCUT2D eigenvalue weighted by atomic mass is 9.81. The summed E-state index contributed by atoms with van der Waals surface area (Å²) in [7, 11) is 0. The van der Waals surface area contributed by atoms with E-state index in [1.54, 1.807) is 12.1 Å². The van der Waals surface area contributed by atoms with Crippen molar-refractivity contribution in [2.45, 2.75) is 70.3 Å². The summed E-state index contributed by atoms with van der Waals surface area (Å²) >= 11 is 0. The maximum absolute atomic E-state index is 14.6. The molecule has 0 aliphatic heterocycles. The molecule has 1 atom stereocenters. The molecule has 3 rings (SSSR count). The third-order valence-electron chi connectivity index (χ3n) is 5.76. The Morgan fingerprint density at radius 1 is 1.24 bits per heavy atom. The highest BCUT2D eigenvalue weighted by Crippen LogP contribution is 2.38. The Balaban J connectivity index is 1.75. The second kappa shape index (κ2) is 9.44. The molecule has 0 bridgehead atoms. The van der Waals surface area contributed by atoms with Crippen molar-refractivity contribution in [3.8, 4) is 5.88 Å². The molecule has 0 unspecified atom stereocenters. The van der Waals surface area contributed by atoms with Gasteiger partial charge in [0.15, 0.2) is 0 Å². The topological polar surface area (TPSA) is 104 Å². The first-order valence-electron chi connectivity index (χ1n) is 10.8. The van der Waals surface area contributed by atoms with E-state index < -0.39 is 40.9 Å². The summed E-state index contributed by atoms with van der Waals surface area (Å²) in [6.07, 6.45) is -0.975. The number of nitrogens with zero attached hydrogens (tertiary/aromatic N) is 1. The zero-order valence-corrected chi connectivity index (χ0v) is 18.8. The second-order valence-corrected chi connectivity index (χ2v) is 9.50. The van der Waals surface area contributed by atoms with Crippen LogP contribution in [0.4, 0.5) is 18.9 Å². The van der Waals surface area contributed by atoms with Gasteiger partial charge in [-0.2, -0.15) is 0 Å². The molecule has 10 heteroatoms. The first kappa shape index (κ1) is 24.6. The quantitative estimate of drug-likeness (QED) is 0.587. The standard InChI is InChI=1S/C23H28F3N3O4/c1-22(2,3)16-5-4-14(10-17(16)24)27-21(32)20(13-6-8-23(25,26)9-7-13)28-18(30)11-15-12-19(31)29-33-15/h4-5,10,12-13,20H,6-9,11H2,1-3H3,(H,27,32)(H,28,30)(H,29,31)/t20-/m1/s1. The molecule has 33 heavy (non-hydrogen) atoms. The maximum Gasteiger partial charge on any atom is 0.251 e. The smallest absolute Gasteiger partial charge is 0.251 e. The average molecular weight is 467 g/mol. The molecule has 0 radical (unpaired) electrons. The minimum absolute atomic E-state index is 0.0474. The van der Waals surface area contributed by atoms with Gasteiger partial charge in [0.25, 0.3) is 5.88 Å². The summed E-state index contributed by atoms with van der Waals surface area (Å²) in [4.78, 5) is 25.5. The van der Waals surface area contributed by atoms with Crippen LogP contribution in [0.5, 0.6) is 5.88 Å². The second-order valence-electron chi connectivity index (χ2n) is 9.50. The van der Waals surface area contributed by atoms with Gasteiger partial charge in [0.05, 0.1) is 6.42 Å². The van der Waals surface area contributed by atoms with Crippen LogP contribution in [0.25, 0.3) is 0 Å². The highest BCUT2D eigenvalue weighted by molar-refractivity contribution is 5.97. The van der Waals surface area contributed by atoms with Crippen LogP contribution in [0.3, 0.4) is 0 Å². The first-order chi connectivity index (χ1) is 15.3. The van der Waals surface area contributed by atoms with Crippen LogP contribution in [-0.4, -0.2) is 34.0 Å². The van der Waals surface area contributed by atoms with E-state index in [4.69, 9.17) is 4.52 Å². The van der Waals surface area contributed by atoms with Gasteiger partial charge in [-0.25, -0.2) is 13.2 Å². The number of hydrogen-bond donors (Lipinski definition) is 3. The fourth-order valence-electron chi connectivity index (χ4n) is 3.98. The zero-order chi connectivity index (χ0) is 24.4. The van der Waals surface area contributed by atoms with Crippen molar-refractivity contribution in [3.63, 3.8) is 0 Å². The number of halogens is 3. The van der Waals surface area contributed by atoms with E-state index in [1.807, 2.05) is 20.8 Å². The summed E-state index contributed by atoms with van der Waals surface area (Å²) < 4.78 is 46.6. The molecule has 1 heterocycles. The SMILES string of the molecule is CC(C)(C)c1ccc(NC(=O)[C@H](NC(=O)Cc2cc(O)no2)C2CCC(F)(F)CC2)cc1F. The lowest BCUT2D eigenvalue weighted by Gasteiger charge is -2.33. The fourth-order valence-corrected chi connectivity index (χ4v) is 3.98. The molecule has 3 N–H and O–H groups in total. The van der Waals surface area contributed by atoms with Crippen LogP contribution in [0, 0.1) is 11.7 Å². The number of anilines is 1. The number of rotatable bonds is 6. The third-order valence-corrected chi connectivity index (χ3v) is 5.76. The van der Waals surface area contributed by atoms with Crippen LogP contribution in [0.2, 0.25) is 0 Å². The average Bonchev–Trinajstić information content (AvgIpc) is 3.10. The Kier molecular flexibility index (Phi) is 7.04. The van der Waals surface area contributed by atoms with Crippen LogP contribution >= 0.6 is 0 Å². The van der Waals surface area contributed by atoms with Crippen molar-refractivity contribution in [2.24, 2.45) is 5.92 Å². The molecule has 180 valence electrons. The van der Waals surface area contributed by atoms with Crippen LogP contribution in [0.15, 0.2) is 28.8 Å². The van der Waals surface area contributed by atoms with Gasteiger partial charge in [0, 0.05) is 24.6 Å². The van der Waals surface area contributed by atoms with Gasteiger partial charge >= 0.3 is 0 Å². The Hall–Kier alpha value is -3.04. The first-order valence-corrected chi connectivity index (χ1v) is 10.8. The molecule has 1 aliphatic rings. The van der Waals surface area contributed by atoms with E-state index in [2.05, 4.69) is 15.8 Å². The molecule has 1 aromatic heterocycles. The maximum atomic E-state index is 14.6. The zero-order valence-electron chi connectivity index (χ0n) is 18.8. The Labute approximate surface area is 189 Å². The minimum atomic E-state index is -2.80. The largest absolute Gasteiger partial charge is 0.491 e. The van der Waals surface area contributed by atoms with E-state index in [-0.39, 0.29) is 49.4 Å². The van der Waals surface area contributed by atoms with E-state index in [0.29, 0.717) is 5.56 Å². The van der Waals surface area contributed by atoms with E-state index in [0.717, 1.165) is 6.07 Å². The number of nitrogens with one attached hydrogen (secondary N) is 2. The number of carbonyl (C=O) groups excluding carboxylic acids is 2. The van der Waals surface area contributed by atoms with Crippen LogP contribution in [0.1, 0.15) is 57.8 Å². The van der Waals surface area contributed by atoms with Gasteiger partial charge in [-0.15, -0.1) is 0 Å². The van der Waals surface area contributed by atoms with Crippen molar-refractivity contribution in [3.05, 3.63) is 41.4 Å². The minimum Gasteiger partial charge on any atom is -0.491 e. The highest BCUT2D eigenvalue weighted by Gasteiger charge is 2.40. The van der Waals surface area contributed by atoms with Gasteiger partial charge in [0.1, 0.15) is 17.6 Å². The Morgan fingerprint density at radius 2 is 1.91 bits per heavy atom. The molecule has 1 saturated carbocycles. The summed E-state index contributed by atoms with van der Waals surface area (Å²) in [5.41, 5.74) is 0.257. The monoisotopic (exact) mass is 467 g/mol. The van der Waals surface area contributed by atoms with Gasteiger partial charge in [-0.1, -0.05) is 26.8 Å². The summed E-state index contributed by atoms with van der Waals surface area (Å²) in [6, 6.07) is 4.40. The van der Waals surface area contributed by atoms with E-state index in [1.165, 1.54) is 6.07 Å². The molecule has 0 saturated heterocycles. The van der Waals surface area contributed by atoms with Crippen molar-refractivity contribution in [2.75, 3.05) is 5.32 Å². The highest BCUT2D eigenvalue weighted by atomic mass is 19.3.